The van der Waals surface area contributed by atoms with Gasteiger partial charge in [-0.05, 0) is 12.8 Å². The van der Waals surface area contributed by atoms with Crippen LogP contribution in [0.15, 0.2) is 0 Å². The number of carbonyl (C=O) groups excluding carboxylic acids is 2. The first-order valence-electron chi connectivity index (χ1n) is 5.83. The number of likely N-dealkylation sites (tertiary alicyclic amines) is 1. The molecule has 0 aromatic carbocycles. The summed E-state index contributed by atoms with van der Waals surface area (Å²) in [7, 11) is 1.30. The summed E-state index contributed by atoms with van der Waals surface area (Å²) in [4.78, 5) is 24.2. The molecule has 1 aliphatic heterocycles. The molecular formula is C11H16F3NO4. The van der Waals surface area contributed by atoms with Gasteiger partial charge in [-0.1, -0.05) is 0 Å². The molecule has 0 spiro atoms. The molecule has 0 N–H and O–H groups in total. The van der Waals surface area contributed by atoms with Gasteiger partial charge < -0.3 is 14.4 Å². The number of hydrogen-bond acceptors (Lipinski definition) is 4. The number of piperidine rings is 1. The lowest BCUT2D eigenvalue weighted by atomic mass is 9.97. The van der Waals surface area contributed by atoms with Gasteiger partial charge >= 0.3 is 12.1 Å². The normalized spacial score (nSPS) is 17.4. The second-order valence-electron chi connectivity index (χ2n) is 4.29. The van der Waals surface area contributed by atoms with Crippen LogP contribution in [0.5, 0.6) is 0 Å². The highest BCUT2D eigenvalue weighted by atomic mass is 19.4. The van der Waals surface area contributed by atoms with Crippen molar-refractivity contribution in [2.75, 3.05) is 33.4 Å². The van der Waals surface area contributed by atoms with Crippen LogP contribution in [0.4, 0.5) is 13.2 Å². The SMILES string of the molecule is COC(=O)C1CCN(C(=O)COCC(F)(F)F)CC1. The van der Waals surface area contributed by atoms with E-state index in [-0.39, 0.29) is 11.9 Å². The van der Waals surface area contributed by atoms with Gasteiger partial charge in [0.1, 0.15) is 13.2 Å². The van der Waals surface area contributed by atoms with Crippen LogP contribution in [0.3, 0.4) is 0 Å². The van der Waals surface area contributed by atoms with E-state index in [2.05, 4.69) is 9.47 Å². The first-order valence-corrected chi connectivity index (χ1v) is 5.83. The minimum Gasteiger partial charge on any atom is -0.469 e. The quantitative estimate of drug-likeness (QED) is 0.722. The van der Waals surface area contributed by atoms with Gasteiger partial charge in [0.2, 0.25) is 5.91 Å². The molecule has 1 saturated heterocycles. The molecule has 1 aliphatic rings. The van der Waals surface area contributed by atoms with Crippen LogP contribution in [0.25, 0.3) is 0 Å². The van der Waals surface area contributed by atoms with Crippen molar-refractivity contribution in [1.29, 1.82) is 0 Å². The zero-order chi connectivity index (χ0) is 14.5. The monoisotopic (exact) mass is 283 g/mol. The van der Waals surface area contributed by atoms with E-state index in [1.807, 2.05) is 0 Å². The van der Waals surface area contributed by atoms with Gasteiger partial charge in [-0.15, -0.1) is 0 Å². The van der Waals surface area contributed by atoms with E-state index in [0.29, 0.717) is 25.9 Å². The lowest BCUT2D eigenvalue weighted by Gasteiger charge is -2.30. The Hall–Kier alpha value is -1.31. The molecule has 0 aromatic rings. The van der Waals surface area contributed by atoms with Crippen LogP contribution in [-0.2, 0) is 19.1 Å². The third kappa shape index (κ3) is 5.46. The smallest absolute Gasteiger partial charge is 0.411 e. The van der Waals surface area contributed by atoms with Crippen LogP contribution in [-0.4, -0.2) is 56.4 Å². The topological polar surface area (TPSA) is 55.8 Å². The highest BCUT2D eigenvalue weighted by Crippen LogP contribution is 2.19. The van der Waals surface area contributed by atoms with Gasteiger partial charge in [0.15, 0.2) is 0 Å². The molecule has 0 unspecified atom stereocenters. The van der Waals surface area contributed by atoms with Crippen molar-refractivity contribution < 1.29 is 32.2 Å². The highest BCUT2D eigenvalue weighted by molar-refractivity contribution is 5.78. The minimum atomic E-state index is -4.43. The molecule has 0 atom stereocenters. The second kappa shape index (κ2) is 6.74. The maximum atomic E-state index is 11.8. The lowest BCUT2D eigenvalue weighted by molar-refractivity contribution is -0.178. The Bertz CT molecular complexity index is 324. The number of carbonyl (C=O) groups is 2. The Labute approximate surface area is 108 Å². The number of amides is 1. The number of methoxy groups -OCH3 is 1. The molecule has 0 bridgehead atoms. The third-order valence-corrected chi connectivity index (χ3v) is 2.87. The lowest BCUT2D eigenvalue weighted by Crippen LogP contribution is -2.42. The predicted octanol–water partition coefficient (Wildman–Crippen LogP) is 0.977. The van der Waals surface area contributed by atoms with Crippen LogP contribution in [0.1, 0.15) is 12.8 Å². The van der Waals surface area contributed by atoms with E-state index in [9.17, 15) is 22.8 Å². The maximum Gasteiger partial charge on any atom is 0.411 e. The summed E-state index contributed by atoms with van der Waals surface area (Å²) in [5, 5.41) is 0. The molecule has 1 amide bonds. The fraction of sp³-hybridized carbons (Fsp3) is 0.818. The Morgan fingerprint density at radius 2 is 1.84 bits per heavy atom. The maximum absolute atomic E-state index is 11.8. The molecule has 0 aromatic heterocycles. The molecule has 19 heavy (non-hydrogen) atoms. The molecule has 110 valence electrons. The van der Waals surface area contributed by atoms with Gasteiger partial charge in [0.25, 0.3) is 0 Å². The zero-order valence-corrected chi connectivity index (χ0v) is 10.5. The van der Waals surface area contributed by atoms with Crippen molar-refractivity contribution in [2.45, 2.75) is 19.0 Å². The Morgan fingerprint density at radius 3 is 2.32 bits per heavy atom. The van der Waals surface area contributed by atoms with Crippen molar-refractivity contribution in [1.82, 2.24) is 4.90 Å². The molecule has 8 heteroatoms. The summed E-state index contributed by atoms with van der Waals surface area (Å²) in [6.45, 7) is -1.37. The molecule has 0 radical (unpaired) electrons. The van der Waals surface area contributed by atoms with Crippen molar-refractivity contribution in [3.8, 4) is 0 Å². The van der Waals surface area contributed by atoms with Crippen molar-refractivity contribution in [3.63, 3.8) is 0 Å². The largest absolute Gasteiger partial charge is 0.469 e. The number of alkyl halides is 3. The summed E-state index contributed by atoms with van der Waals surface area (Å²) in [6, 6.07) is 0. The number of halogens is 3. The molecule has 0 saturated carbocycles. The van der Waals surface area contributed by atoms with Crippen LogP contribution < -0.4 is 0 Å². The average Bonchev–Trinajstić information content (AvgIpc) is 2.36. The number of rotatable bonds is 4. The van der Waals surface area contributed by atoms with Crippen LogP contribution in [0, 0.1) is 5.92 Å². The first-order chi connectivity index (χ1) is 8.83. The minimum absolute atomic E-state index is 0.245. The van der Waals surface area contributed by atoms with Gasteiger partial charge in [0.05, 0.1) is 13.0 Å². The summed E-state index contributed by atoms with van der Waals surface area (Å²) in [5.74, 6) is -1.06. The van der Waals surface area contributed by atoms with E-state index < -0.39 is 25.3 Å². The van der Waals surface area contributed by atoms with Gasteiger partial charge in [0, 0.05) is 13.1 Å². The number of ether oxygens (including phenoxy) is 2. The van der Waals surface area contributed by atoms with E-state index in [4.69, 9.17) is 0 Å². The van der Waals surface area contributed by atoms with Gasteiger partial charge in [-0.25, -0.2) is 0 Å². The Kier molecular flexibility index (Phi) is 5.59. The summed E-state index contributed by atoms with van der Waals surface area (Å²) < 4.78 is 44.4. The van der Waals surface area contributed by atoms with Crippen LogP contribution >= 0.6 is 0 Å². The number of hydrogen-bond donors (Lipinski definition) is 0. The van der Waals surface area contributed by atoms with E-state index >= 15 is 0 Å². The first kappa shape index (κ1) is 15.7. The zero-order valence-electron chi connectivity index (χ0n) is 10.5. The molecule has 0 aliphatic carbocycles. The van der Waals surface area contributed by atoms with E-state index in [1.54, 1.807) is 0 Å². The number of esters is 1. The fourth-order valence-corrected chi connectivity index (χ4v) is 1.88. The molecule has 1 heterocycles. The molecular weight excluding hydrogens is 267 g/mol. The van der Waals surface area contributed by atoms with Crippen LogP contribution in [0.2, 0.25) is 0 Å². The Balaban J connectivity index is 2.27. The average molecular weight is 283 g/mol. The van der Waals surface area contributed by atoms with Crippen molar-refractivity contribution in [3.05, 3.63) is 0 Å². The standard InChI is InChI=1S/C11H16F3NO4/c1-18-10(17)8-2-4-15(5-3-8)9(16)6-19-7-11(12,13)14/h8H,2-7H2,1H3. The summed E-state index contributed by atoms with van der Waals surface area (Å²) in [6.07, 6.45) is -3.52. The van der Waals surface area contributed by atoms with Gasteiger partial charge in [-0.2, -0.15) is 13.2 Å². The summed E-state index contributed by atoms with van der Waals surface area (Å²) in [5.41, 5.74) is 0. The van der Waals surface area contributed by atoms with Crippen molar-refractivity contribution in [2.24, 2.45) is 5.92 Å². The molecule has 5 nitrogen and oxygen atoms in total. The fourth-order valence-electron chi connectivity index (χ4n) is 1.88. The molecule has 1 fully saturated rings. The van der Waals surface area contributed by atoms with E-state index in [1.165, 1.54) is 12.0 Å². The van der Waals surface area contributed by atoms with Gasteiger partial charge in [-0.3, -0.25) is 9.59 Å². The van der Waals surface area contributed by atoms with E-state index in [0.717, 1.165) is 0 Å². The Morgan fingerprint density at radius 1 is 1.26 bits per heavy atom. The predicted molar refractivity (Wildman–Crippen MR) is 58.2 cm³/mol. The highest BCUT2D eigenvalue weighted by Gasteiger charge is 2.30. The third-order valence-electron chi connectivity index (χ3n) is 2.87. The summed E-state index contributed by atoms with van der Waals surface area (Å²) >= 11 is 0. The van der Waals surface area contributed by atoms with Crippen molar-refractivity contribution >= 4 is 11.9 Å². The second-order valence-corrected chi connectivity index (χ2v) is 4.29. The molecule has 1 rings (SSSR count). The number of nitrogens with zero attached hydrogens (tertiary/aromatic N) is 1.